The molecular formula is C14H12Br2N2O. The van der Waals surface area contributed by atoms with Gasteiger partial charge in [0, 0.05) is 25.9 Å². The van der Waals surface area contributed by atoms with Gasteiger partial charge in [0.2, 0.25) is 0 Å². The van der Waals surface area contributed by atoms with Crippen molar-refractivity contribution in [3.8, 4) is 0 Å². The maximum absolute atomic E-state index is 12.2. The van der Waals surface area contributed by atoms with Crippen molar-refractivity contribution >= 4 is 49.1 Å². The monoisotopic (exact) mass is 382 g/mol. The summed E-state index contributed by atoms with van der Waals surface area (Å²) >= 11 is 6.71. The van der Waals surface area contributed by atoms with Crippen LogP contribution in [0.1, 0.15) is 15.9 Å². The zero-order valence-electron chi connectivity index (χ0n) is 10.2. The smallest absolute Gasteiger partial charge is 0.256 e. The lowest BCUT2D eigenvalue weighted by Gasteiger charge is -2.10. The van der Waals surface area contributed by atoms with Crippen molar-refractivity contribution in [2.24, 2.45) is 0 Å². The summed E-state index contributed by atoms with van der Waals surface area (Å²) in [5.74, 6) is -0.177. The van der Waals surface area contributed by atoms with Gasteiger partial charge in [0.25, 0.3) is 5.91 Å². The summed E-state index contributed by atoms with van der Waals surface area (Å²) in [6, 6.07) is 11.0. The molecule has 2 rings (SSSR count). The van der Waals surface area contributed by atoms with E-state index in [1.807, 2.05) is 31.2 Å². The van der Waals surface area contributed by atoms with Crippen molar-refractivity contribution in [3.05, 3.63) is 56.5 Å². The second kappa shape index (κ2) is 5.75. The number of hydrogen-bond donors (Lipinski definition) is 2. The van der Waals surface area contributed by atoms with Gasteiger partial charge in [0.15, 0.2) is 0 Å². The predicted molar refractivity (Wildman–Crippen MR) is 85.4 cm³/mol. The molecule has 0 aliphatic rings. The van der Waals surface area contributed by atoms with Crippen molar-refractivity contribution < 1.29 is 4.79 Å². The first kappa shape index (κ1) is 14.1. The molecule has 5 heteroatoms. The van der Waals surface area contributed by atoms with E-state index in [1.165, 1.54) is 0 Å². The first-order chi connectivity index (χ1) is 8.97. The maximum atomic E-state index is 12.2. The summed E-state index contributed by atoms with van der Waals surface area (Å²) in [5, 5.41) is 2.85. The average Bonchev–Trinajstić information content (AvgIpc) is 2.33. The molecule has 2 aromatic rings. The number of carbonyl (C=O) groups excluding carboxylic acids is 1. The van der Waals surface area contributed by atoms with Crippen LogP contribution in [-0.4, -0.2) is 5.91 Å². The van der Waals surface area contributed by atoms with Crippen molar-refractivity contribution in [3.63, 3.8) is 0 Å². The molecule has 0 saturated heterocycles. The molecule has 2 aromatic carbocycles. The minimum absolute atomic E-state index is 0.177. The molecule has 19 heavy (non-hydrogen) atoms. The summed E-state index contributed by atoms with van der Waals surface area (Å²) in [7, 11) is 0. The van der Waals surface area contributed by atoms with Crippen molar-refractivity contribution in [1.29, 1.82) is 0 Å². The first-order valence-electron chi connectivity index (χ1n) is 5.60. The Hall–Kier alpha value is -1.33. The summed E-state index contributed by atoms with van der Waals surface area (Å²) in [6.07, 6.45) is 0. The number of carbonyl (C=O) groups is 1. The Labute approximate surface area is 128 Å². The molecule has 0 aliphatic carbocycles. The van der Waals surface area contributed by atoms with Gasteiger partial charge in [-0.1, -0.05) is 37.9 Å². The zero-order chi connectivity index (χ0) is 14.0. The van der Waals surface area contributed by atoms with Crippen LogP contribution in [0.4, 0.5) is 11.4 Å². The molecule has 0 radical (unpaired) electrons. The Morgan fingerprint density at radius 3 is 2.58 bits per heavy atom. The first-order valence-corrected chi connectivity index (χ1v) is 7.18. The fourth-order valence-corrected chi connectivity index (χ4v) is 2.58. The quantitative estimate of drug-likeness (QED) is 0.757. The van der Waals surface area contributed by atoms with Gasteiger partial charge >= 0.3 is 0 Å². The highest BCUT2D eigenvalue weighted by Gasteiger charge is 2.12. The standard InChI is InChI=1S/C14H12Br2N2O/c1-8-12(6-10(16)7-13(8)17)14(19)18-11-4-2-3-9(15)5-11/h2-7H,17H2,1H3,(H,18,19). The Bertz CT molecular complexity index is 641. The van der Waals surface area contributed by atoms with E-state index < -0.39 is 0 Å². The van der Waals surface area contributed by atoms with Crippen LogP contribution < -0.4 is 11.1 Å². The Kier molecular flexibility index (Phi) is 4.27. The Morgan fingerprint density at radius 1 is 1.16 bits per heavy atom. The highest BCUT2D eigenvalue weighted by atomic mass is 79.9. The lowest BCUT2D eigenvalue weighted by atomic mass is 10.1. The molecule has 0 saturated carbocycles. The van der Waals surface area contributed by atoms with Crippen LogP contribution in [0.5, 0.6) is 0 Å². The SMILES string of the molecule is Cc1c(N)cc(Br)cc1C(=O)Nc1cccc(Br)c1. The van der Waals surface area contributed by atoms with E-state index in [9.17, 15) is 4.79 Å². The molecule has 0 spiro atoms. The van der Waals surface area contributed by atoms with Crippen LogP contribution >= 0.6 is 31.9 Å². The molecule has 98 valence electrons. The van der Waals surface area contributed by atoms with Gasteiger partial charge in [-0.15, -0.1) is 0 Å². The van der Waals surface area contributed by atoms with E-state index in [2.05, 4.69) is 37.2 Å². The third-order valence-corrected chi connectivity index (χ3v) is 3.69. The molecule has 0 fully saturated rings. The topological polar surface area (TPSA) is 55.1 Å². The molecule has 3 nitrogen and oxygen atoms in total. The van der Waals surface area contributed by atoms with E-state index in [1.54, 1.807) is 12.1 Å². The number of hydrogen-bond acceptors (Lipinski definition) is 2. The van der Waals surface area contributed by atoms with E-state index in [4.69, 9.17) is 5.73 Å². The molecule has 0 atom stereocenters. The normalized spacial score (nSPS) is 10.3. The van der Waals surface area contributed by atoms with E-state index >= 15 is 0 Å². The number of amides is 1. The number of nitrogen functional groups attached to an aromatic ring is 1. The van der Waals surface area contributed by atoms with Crippen molar-refractivity contribution in [1.82, 2.24) is 0 Å². The number of nitrogens with two attached hydrogens (primary N) is 1. The fraction of sp³-hybridized carbons (Fsp3) is 0.0714. The molecule has 0 aromatic heterocycles. The van der Waals surface area contributed by atoms with Gasteiger partial charge < -0.3 is 11.1 Å². The largest absolute Gasteiger partial charge is 0.398 e. The number of anilines is 2. The second-order valence-electron chi connectivity index (χ2n) is 4.13. The third kappa shape index (κ3) is 3.36. The predicted octanol–water partition coefficient (Wildman–Crippen LogP) is 4.35. The van der Waals surface area contributed by atoms with Crippen LogP contribution in [0, 0.1) is 6.92 Å². The molecule has 0 aliphatic heterocycles. The Balaban J connectivity index is 2.30. The zero-order valence-corrected chi connectivity index (χ0v) is 13.4. The van der Waals surface area contributed by atoms with E-state index in [0.717, 1.165) is 20.2 Å². The van der Waals surface area contributed by atoms with Gasteiger partial charge in [-0.05, 0) is 42.8 Å². The van der Waals surface area contributed by atoms with Crippen molar-refractivity contribution in [2.45, 2.75) is 6.92 Å². The summed E-state index contributed by atoms with van der Waals surface area (Å²) < 4.78 is 1.70. The van der Waals surface area contributed by atoms with Gasteiger partial charge in [-0.3, -0.25) is 4.79 Å². The van der Waals surface area contributed by atoms with Crippen LogP contribution in [-0.2, 0) is 0 Å². The molecule has 3 N–H and O–H groups in total. The number of rotatable bonds is 2. The van der Waals surface area contributed by atoms with Crippen LogP contribution in [0.15, 0.2) is 45.3 Å². The summed E-state index contributed by atoms with van der Waals surface area (Å²) in [6.45, 7) is 1.83. The van der Waals surface area contributed by atoms with E-state index in [-0.39, 0.29) is 5.91 Å². The van der Waals surface area contributed by atoms with E-state index in [0.29, 0.717) is 11.3 Å². The molecule has 0 bridgehead atoms. The molecule has 0 unspecified atom stereocenters. The average molecular weight is 384 g/mol. The highest BCUT2D eigenvalue weighted by Crippen LogP contribution is 2.24. The molecule has 0 heterocycles. The minimum Gasteiger partial charge on any atom is -0.398 e. The molecular weight excluding hydrogens is 372 g/mol. The lowest BCUT2D eigenvalue weighted by molar-refractivity contribution is 0.102. The number of nitrogens with one attached hydrogen (secondary N) is 1. The van der Waals surface area contributed by atoms with Crippen LogP contribution in [0.3, 0.4) is 0 Å². The minimum atomic E-state index is -0.177. The third-order valence-electron chi connectivity index (χ3n) is 2.74. The van der Waals surface area contributed by atoms with Gasteiger partial charge in [0.1, 0.15) is 0 Å². The highest BCUT2D eigenvalue weighted by molar-refractivity contribution is 9.10. The van der Waals surface area contributed by atoms with Gasteiger partial charge in [-0.25, -0.2) is 0 Å². The maximum Gasteiger partial charge on any atom is 0.256 e. The lowest BCUT2D eigenvalue weighted by Crippen LogP contribution is -2.14. The fourth-order valence-electron chi connectivity index (χ4n) is 1.70. The number of benzene rings is 2. The van der Waals surface area contributed by atoms with Crippen molar-refractivity contribution in [2.75, 3.05) is 11.1 Å². The summed E-state index contributed by atoms with van der Waals surface area (Å²) in [4.78, 5) is 12.2. The Morgan fingerprint density at radius 2 is 1.89 bits per heavy atom. The molecule has 1 amide bonds. The number of halogens is 2. The second-order valence-corrected chi connectivity index (χ2v) is 5.96. The van der Waals surface area contributed by atoms with Gasteiger partial charge in [-0.2, -0.15) is 0 Å². The van der Waals surface area contributed by atoms with Crippen LogP contribution in [0.25, 0.3) is 0 Å². The van der Waals surface area contributed by atoms with Crippen LogP contribution in [0.2, 0.25) is 0 Å². The summed E-state index contributed by atoms with van der Waals surface area (Å²) in [5.41, 5.74) is 8.52. The van der Waals surface area contributed by atoms with Gasteiger partial charge in [0.05, 0.1) is 0 Å².